The maximum Gasteiger partial charge on any atom is 0.254 e. The van der Waals surface area contributed by atoms with Gasteiger partial charge in [-0.1, -0.05) is 6.92 Å². The lowest BCUT2D eigenvalue weighted by Gasteiger charge is -2.36. The summed E-state index contributed by atoms with van der Waals surface area (Å²) in [5.74, 6) is 1.21. The minimum absolute atomic E-state index is 0.0306. The van der Waals surface area contributed by atoms with E-state index >= 15 is 0 Å². The van der Waals surface area contributed by atoms with Gasteiger partial charge < -0.3 is 9.88 Å². The number of nitrogens with one attached hydrogen (secondary N) is 1. The van der Waals surface area contributed by atoms with E-state index in [2.05, 4.69) is 16.9 Å². The Balaban J connectivity index is 1.65. The fraction of sp³-hybridized carbons (Fsp3) is 0.737. The van der Waals surface area contributed by atoms with Crippen LogP contribution in [0.25, 0.3) is 0 Å². The highest BCUT2D eigenvalue weighted by Crippen LogP contribution is 2.42. The number of H-pyrrole nitrogens is 1. The molecule has 3 aliphatic rings. The van der Waals surface area contributed by atoms with Crippen LogP contribution in [-0.2, 0) is 27.8 Å². The van der Waals surface area contributed by atoms with Crippen molar-refractivity contribution in [2.24, 2.45) is 11.8 Å². The molecule has 154 valence electrons. The monoisotopic (exact) mass is 408 g/mol. The quantitative estimate of drug-likeness (QED) is 0.806. The number of aromatic amines is 1. The number of rotatable bonds is 4. The SMILES string of the molecule is CCS(=O)(=O)N1CCc2c(nc(C3CCCCN3C(=O)C3CC3C)[nH]c2=O)C1. The average molecular weight is 409 g/mol. The number of nitrogens with zero attached hydrogens (tertiary/aromatic N) is 3. The Morgan fingerprint density at radius 2 is 2.04 bits per heavy atom. The summed E-state index contributed by atoms with van der Waals surface area (Å²) in [6.07, 6.45) is 4.00. The number of carbonyl (C=O) groups excluding carboxylic acids is 1. The van der Waals surface area contributed by atoms with Crippen LogP contribution in [0.1, 0.15) is 62.7 Å². The molecule has 2 aliphatic heterocycles. The molecule has 0 spiro atoms. The van der Waals surface area contributed by atoms with E-state index in [4.69, 9.17) is 0 Å². The minimum atomic E-state index is -3.33. The van der Waals surface area contributed by atoms with Gasteiger partial charge in [-0.15, -0.1) is 0 Å². The van der Waals surface area contributed by atoms with E-state index in [1.807, 2.05) is 4.90 Å². The molecule has 1 saturated carbocycles. The van der Waals surface area contributed by atoms with Gasteiger partial charge in [-0.3, -0.25) is 9.59 Å². The first-order valence-corrected chi connectivity index (χ1v) is 11.8. The number of sulfonamides is 1. The fourth-order valence-corrected chi connectivity index (χ4v) is 5.43. The first kappa shape index (κ1) is 19.6. The Morgan fingerprint density at radius 3 is 2.71 bits per heavy atom. The second-order valence-electron chi connectivity index (χ2n) is 8.22. The molecule has 0 bridgehead atoms. The predicted octanol–water partition coefficient (Wildman–Crippen LogP) is 1.19. The second kappa shape index (κ2) is 7.26. The van der Waals surface area contributed by atoms with Crippen molar-refractivity contribution < 1.29 is 13.2 Å². The molecule has 3 atom stereocenters. The third-order valence-corrected chi connectivity index (χ3v) is 8.17. The largest absolute Gasteiger partial charge is 0.332 e. The van der Waals surface area contributed by atoms with Crippen LogP contribution in [0.15, 0.2) is 4.79 Å². The summed E-state index contributed by atoms with van der Waals surface area (Å²) in [4.78, 5) is 35.0. The molecule has 1 aromatic heterocycles. The number of hydrogen-bond donors (Lipinski definition) is 1. The molecule has 1 amide bonds. The Bertz CT molecular complexity index is 942. The molecule has 9 heteroatoms. The van der Waals surface area contributed by atoms with Crippen LogP contribution in [0.5, 0.6) is 0 Å². The lowest BCUT2D eigenvalue weighted by Crippen LogP contribution is -2.43. The molecule has 1 aromatic rings. The van der Waals surface area contributed by atoms with E-state index in [0.29, 0.717) is 42.5 Å². The lowest BCUT2D eigenvalue weighted by atomic mass is 9.99. The normalized spacial score (nSPS) is 28.1. The van der Waals surface area contributed by atoms with Crippen LogP contribution in [0.2, 0.25) is 0 Å². The number of piperidine rings is 1. The van der Waals surface area contributed by atoms with Crippen LogP contribution in [0.3, 0.4) is 0 Å². The number of aromatic nitrogens is 2. The van der Waals surface area contributed by atoms with Crippen molar-refractivity contribution in [2.45, 2.75) is 58.5 Å². The van der Waals surface area contributed by atoms with Crippen molar-refractivity contribution in [1.82, 2.24) is 19.2 Å². The number of fused-ring (bicyclic) bond motifs is 1. The van der Waals surface area contributed by atoms with Crippen molar-refractivity contribution in [3.63, 3.8) is 0 Å². The molecule has 2 fully saturated rings. The molecule has 0 radical (unpaired) electrons. The summed E-state index contributed by atoms with van der Waals surface area (Å²) in [5, 5.41) is 0. The van der Waals surface area contributed by atoms with Gasteiger partial charge in [0.2, 0.25) is 15.9 Å². The molecule has 3 unspecified atom stereocenters. The van der Waals surface area contributed by atoms with Gasteiger partial charge in [0.1, 0.15) is 5.82 Å². The number of likely N-dealkylation sites (tertiary alicyclic amines) is 1. The second-order valence-corrected chi connectivity index (χ2v) is 10.5. The molecule has 28 heavy (non-hydrogen) atoms. The van der Waals surface area contributed by atoms with Crippen molar-refractivity contribution in [3.8, 4) is 0 Å². The fourth-order valence-electron chi connectivity index (χ4n) is 4.37. The Hall–Kier alpha value is -1.74. The third-order valence-electron chi connectivity index (χ3n) is 6.34. The van der Waals surface area contributed by atoms with E-state index in [0.717, 1.165) is 25.7 Å². The smallest absolute Gasteiger partial charge is 0.254 e. The Labute approximate surface area is 165 Å². The predicted molar refractivity (Wildman–Crippen MR) is 104 cm³/mol. The molecule has 4 rings (SSSR count). The lowest BCUT2D eigenvalue weighted by molar-refractivity contribution is -0.137. The summed E-state index contributed by atoms with van der Waals surface area (Å²) in [6, 6.07) is -0.231. The van der Waals surface area contributed by atoms with E-state index < -0.39 is 10.0 Å². The number of hydrogen-bond acceptors (Lipinski definition) is 5. The van der Waals surface area contributed by atoms with Crippen molar-refractivity contribution in [2.75, 3.05) is 18.8 Å². The molecule has 8 nitrogen and oxygen atoms in total. The summed E-state index contributed by atoms with van der Waals surface area (Å²) in [6.45, 7) is 4.82. The van der Waals surface area contributed by atoms with Crippen molar-refractivity contribution >= 4 is 15.9 Å². The highest BCUT2D eigenvalue weighted by molar-refractivity contribution is 7.89. The highest BCUT2D eigenvalue weighted by atomic mass is 32.2. The first-order valence-electron chi connectivity index (χ1n) is 10.2. The number of carbonyl (C=O) groups is 1. The van der Waals surface area contributed by atoms with Crippen LogP contribution in [-0.4, -0.2) is 52.3 Å². The maximum atomic E-state index is 12.9. The molecule has 1 saturated heterocycles. The molecule has 1 N–H and O–H groups in total. The van der Waals surface area contributed by atoms with Gasteiger partial charge in [-0.25, -0.2) is 13.4 Å². The zero-order chi connectivity index (χ0) is 20.1. The standard InChI is InChI=1S/C19H28N4O4S/c1-3-28(26,27)22-9-7-13-15(11-22)20-17(21-18(13)24)16-6-4-5-8-23(16)19(25)14-10-12(14)2/h12,14,16H,3-11H2,1-2H3,(H,20,21,24). The summed E-state index contributed by atoms with van der Waals surface area (Å²) in [7, 11) is -3.33. The number of amides is 1. The van der Waals surface area contributed by atoms with Gasteiger partial charge >= 0.3 is 0 Å². The Kier molecular flexibility index (Phi) is 5.07. The third kappa shape index (κ3) is 3.50. The van der Waals surface area contributed by atoms with Crippen molar-refractivity contribution in [1.29, 1.82) is 0 Å². The van der Waals surface area contributed by atoms with E-state index in [1.165, 1.54) is 4.31 Å². The maximum absolute atomic E-state index is 12.9. The van der Waals surface area contributed by atoms with E-state index in [-0.39, 0.29) is 35.7 Å². The van der Waals surface area contributed by atoms with E-state index in [1.54, 1.807) is 6.92 Å². The van der Waals surface area contributed by atoms with Crippen LogP contribution >= 0.6 is 0 Å². The van der Waals surface area contributed by atoms with Crippen LogP contribution < -0.4 is 5.56 Å². The average Bonchev–Trinajstić information content (AvgIpc) is 3.43. The van der Waals surface area contributed by atoms with Gasteiger partial charge in [-0.05, 0) is 44.9 Å². The summed E-state index contributed by atoms with van der Waals surface area (Å²) < 4.78 is 25.9. The zero-order valence-corrected chi connectivity index (χ0v) is 17.3. The van der Waals surface area contributed by atoms with Crippen LogP contribution in [0.4, 0.5) is 0 Å². The van der Waals surface area contributed by atoms with Gasteiger partial charge in [0.15, 0.2) is 0 Å². The first-order chi connectivity index (χ1) is 13.3. The molecular weight excluding hydrogens is 380 g/mol. The van der Waals surface area contributed by atoms with Crippen molar-refractivity contribution in [3.05, 3.63) is 27.4 Å². The molecular formula is C19H28N4O4S. The minimum Gasteiger partial charge on any atom is -0.332 e. The van der Waals surface area contributed by atoms with Gasteiger partial charge in [0.25, 0.3) is 5.56 Å². The van der Waals surface area contributed by atoms with Crippen LogP contribution in [0, 0.1) is 11.8 Å². The molecule has 3 heterocycles. The summed E-state index contributed by atoms with van der Waals surface area (Å²) >= 11 is 0. The topological polar surface area (TPSA) is 103 Å². The Morgan fingerprint density at radius 1 is 1.29 bits per heavy atom. The highest BCUT2D eigenvalue weighted by Gasteiger charge is 2.44. The molecule has 0 aromatic carbocycles. The van der Waals surface area contributed by atoms with Gasteiger partial charge in [0, 0.05) is 24.6 Å². The zero-order valence-electron chi connectivity index (χ0n) is 16.5. The summed E-state index contributed by atoms with van der Waals surface area (Å²) in [5.41, 5.74) is 0.891. The molecule has 1 aliphatic carbocycles. The van der Waals surface area contributed by atoms with E-state index in [9.17, 15) is 18.0 Å². The van der Waals surface area contributed by atoms with Gasteiger partial charge in [-0.2, -0.15) is 4.31 Å². The van der Waals surface area contributed by atoms with Gasteiger partial charge in [0.05, 0.1) is 24.0 Å².